The molecule has 0 spiro atoms. The van der Waals surface area contributed by atoms with Gasteiger partial charge in [0.05, 0.1) is 6.54 Å². The molecule has 0 aliphatic carbocycles. The van der Waals surface area contributed by atoms with E-state index in [4.69, 9.17) is 11.6 Å². The zero-order valence-electron chi connectivity index (χ0n) is 12.8. The molecule has 20 heavy (non-hydrogen) atoms. The lowest BCUT2D eigenvalue weighted by Gasteiger charge is -2.22. The van der Waals surface area contributed by atoms with E-state index in [2.05, 4.69) is 29.1 Å². The Kier molecular flexibility index (Phi) is 6.20. The van der Waals surface area contributed by atoms with E-state index in [0.717, 1.165) is 5.56 Å². The normalized spacial score (nSPS) is 11.0. The van der Waals surface area contributed by atoms with E-state index in [0.29, 0.717) is 23.4 Å². The number of nitrogens with zero attached hydrogens (tertiary/aromatic N) is 3. The monoisotopic (exact) mass is 298 g/mol. The number of halogens is 1. The summed E-state index contributed by atoms with van der Waals surface area (Å²) in [5.41, 5.74) is 0.869. The van der Waals surface area contributed by atoms with E-state index in [1.807, 2.05) is 20.9 Å². The van der Waals surface area contributed by atoms with E-state index in [9.17, 15) is 4.79 Å². The molecule has 0 aliphatic heterocycles. The van der Waals surface area contributed by atoms with Crippen LogP contribution < -0.4 is 10.2 Å². The minimum atomic E-state index is -0.0226. The molecule has 0 saturated carbocycles. The second-order valence-electron chi connectivity index (χ2n) is 5.61. The van der Waals surface area contributed by atoms with E-state index in [1.54, 1.807) is 4.90 Å². The SMILES string of the molecule is CC(C)CNC(=O)CN(C)c1ncnc(Cl)c1C(C)C. The van der Waals surface area contributed by atoms with E-state index < -0.39 is 0 Å². The number of nitrogens with one attached hydrogen (secondary N) is 1. The van der Waals surface area contributed by atoms with Crippen LogP contribution in [0.3, 0.4) is 0 Å². The second kappa shape index (κ2) is 7.43. The fraction of sp³-hybridized carbons (Fsp3) is 0.643. The topological polar surface area (TPSA) is 58.1 Å². The summed E-state index contributed by atoms with van der Waals surface area (Å²) in [4.78, 5) is 21.9. The van der Waals surface area contributed by atoms with Crippen molar-refractivity contribution >= 4 is 23.3 Å². The standard InChI is InChI=1S/C14H23ClN4O/c1-9(2)6-16-11(20)7-19(5)14-12(10(3)4)13(15)17-8-18-14/h8-10H,6-7H2,1-5H3,(H,16,20). The van der Waals surface area contributed by atoms with Crippen LogP contribution >= 0.6 is 11.6 Å². The van der Waals surface area contributed by atoms with Crippen molar-refractivity contribution in [3.05, 3.63) is 17.0 Å². The Bertz CT molecular complexity index is 462. The number of likely N-dealkylation sites (N-methyl/N-ethyl adjacent to an activating group) is 1. The van der Waals surface area contributed by atoms with Gasteiger partial charge in [-0.25, -0.2) is 9.97 Å². The summed E-state index contributed by atoms with van der Waals surface area (Å²) in [5, 5.41) is 3.33. The maximum Gasteiger partial charge on any atom is 0.239 e. The molecule has 1 N–H and O–H groups in total. The number of hydrogen-bond donors (Lipinski definition) is 1. The molecular formula is C14H23ClN4O. The van der Waals surface area contributed by atoms with Gasteiger partial charge in [0.1, 0.15) is 17.3 Å². The van der Waals surface area contributed by atoms with Gasteiger partial charge < -0.3 is 10.2 Å². The van der Waals surface area contributed by atoms with Crippen LogP contribution in [0, 0.1) is 5.92 Å². The lowest BCUT2D eigenvalue weighted by molar-refractivity contribution is -0.119. The molecular weight excluding hydrogens is 276 g/mol. The van der Waals surface area contributed by atoms with Crippen LogP contribution in [0.1, 0.15) is 39.2 Å². The highest BCUT2D eigenvalue weighted by molar-refractivity contribution is 6.30. The Hall–Kier alpha value is -1.36. The maximum absolute atomic E-state index is 11.9. The van der Waals surface area contributed by atoms with Gasteiger partial charge in [0.2, 0.25) is 5.91 Å². The third kappa shape index (κ3) is 4.63. The summed E-state index contributed by atoms with van der Waals surface area (Å²) in [6, 6.07) is 0. The number of amides is 1. The molecule has 1 heterocycles. The zero-order valence-corrected chi connectivity index (χ0v) is 13.5. The van der Waals surface area contributed by atoms with Crippen molar-refractivity contribution in [1.82, 2.24) is 15.3 Å². The van der Waals surface area contributed by atoms with Gasteiger partial charge in [-0.15, -0.1) is 0 Å². The molecule has 0 bridgehead atoms. The molecule has 5 nitrogen and oxygen atoms in total. The van der Waals surface area contributed by atoms with Gasteiger partial charge in [0.25, 0.3) is 0 Å². The van der Waals surface area contributed by atoms with Gasteiger partial charge in [-0.05, 0) is 11.8 Å². The van der Waals surface area contributed by atoms with Crippen LogP contribution in [0.5, 0.6) is 0 Å². The number of aromatic nitrogens is 2. The Morgan fingerprint density at radius 1 is 1.35 bits per heavy atom. The summed E-state index contributed by atoms with van der Waals surface area (Å²) in [6.45, 7) is 9.10. The van der Waals surface area contributed by atoms with Crippen molar-refractivity contribution in [3.63, 3.8) is 0 Å². The number of anilines is 1. The van der Waals surface area contributed by atoms with E-state index in [-0.39, 0.29) is 18.4 Å². The van der Waals surface area contributed by atoms with Crippen LogP contribution in [0.4, 0.5) is 5.82 Å². The fourth-order valence-electron chi connectivity index (χ4n) is 1.83. The minimum absolute atomic E-state index is 0.0226. The summed E-state index contributed by atoms with van der Waals surface area (Å²) in [7, 11) is 1.83. The average Bonchev–Trinajstić information content (AvgIpc) is 2.35. The van der Waals surface area contributed by atoms with E-state index in [1.165, 1.54) is 6.33 Å². The number of hydrogen-bond acceptors (Lipinski definition) is 4. The van der Waals surface area contributed by atoms with Gasteiger partial charge in [0.15, 0.2) is 0 Å². The molecule has 6 heteroatoms. The van der Waals surface area contributed by atoms with Gasteiger partial charge in [-0.2, -0.15) is 0 Å². The molecule has 1 amide bonds. The molecule has 0 radical (unpaired) electrons. The van der Waals surface area contributed by atoms with Crippen molar-refractivity contribution in [1.29, 1.82) is 0 Å². The third-order valence-electron chi connectivity index (χ3n) is 2.84. The molecule has 0 fully saturated rings. The molecule has 0 aliphatic rings. The first-order valence-electron chi connectivity index (χ1n) is 6.81. The highest BCUT2D eigenvalue weighted by Crippen LogP contribution is 2.29. The zero-order chi connectivity index (χ0) is 15.3. The lowest BCUT2D eigenvalue weighted by Crippen LogP contribution is -2.37. The first-order valence-corrected chi connectivity index (χ1v) is 7.19. The third-order valence-corrected chi connectivity index (χ3v) is 3.14. The molecule has 0 saturated heterocycles. The molecule has 0 unspecified atom stereocenters. The highest BCUT2D eigenvalue weighted by Gasteiger charge is 2.18. The molecule has 0 aromatic carbocycles. The van der Waals surface area contributed by atoms with Crippen LogP contribution in [0.15, 0.2) is 6.33 Å². The number of carbonyl (C=O) groups excluding carboxylic acids is 1. The molecule has 1 aromatic heterocycles. The van der Waals surface area contributed by atoms with Crippen molar-refractivity contribution in [2.45, 2.75) is 33.6 Å². The van der Waals surface area contributed by atoms with Gasteiger partial charge >= 0.3 is 0 Å². The highest BCUT2D eigenvalue weighted by atomic mass is 35.5. The summed E-state index contributed by atoms with van der Waals surface area (Å²) in [5.74, 6) is 1.31. The van der Waals surface area contributed by atoms with Crippen molar-refractivity contribution in [2.75, 3.05) is 25.0 Å². The summed E-state index contributed by atoms with van der Waals surface area (Å²) in [6.07, 6.45) is 1.42. The maximum atomic E-state index is 11.9. The molecule has 0 atom stereocenters. The molecule has 112 valence electrons. The van der Waals surface area contributed by atoms with Crippen LogP contribution in [-0.2, 0) is 4.79 Å². The Morgan fingerprint density at radius 2 is 2.00 bits per heavy atom. The second-order valence-corrected chi connectivity index (χ2v) is 5.97. The Morgan fingerprint density at radius 3 is 2.55 bits per heavy atom. The van der Waals surface area contributed by atoms with Crippen molar-refractivity contribution < 1.29 is 4.79 Å². The van der Waals surface area contributed by atoms with Crippen LogP contribution in [0.25, 0.3) is 0 Å². The molecule has 1 rings (SSSR count). The van der Waals surface area contributed by atoms with Crippen molar-refractivity contribution in [2.24, 2.45) is 5.92 Å². The van der Waals surface area contributed by atoms with Crippen LogP contribution in [0.2, 0.25) is 5.15 Å². The minimum Gasteiger partial charge on any atom is -0.354 e. The van der Waals surface area contributed by atoms with Gasteiger partial charge in [-0.3, -0.25) is 4.79 Å². The van der Waals surface area contributed by atoms with Crippen LogP contribution in [-0.4, -0.2) is 36.0 Å². The van der Waals surface area contributed by atoms with E-state index >= 15 is 0 Å². The van der Waals surface area contributed by atoms with Gasteiger partial charge in [0, 0.05) is 19.2 Å². The fourth-order valence-corrected chi connectivity index (χ4v) is 2.18. The first kappa shape index (κ1) is 16.7. The predicted molar refractivity (Wildman–Crippen MR) is 82.2 cm³/mol. The quantitative estimate of drug-likeness (QED) is 0.820. The van der Waals surface area contributed by atoms with Gasteiger partial charge in [-0.1, -0.05) is 39.3 Å². The first-order chi connectivity index (χ1) is 9.32. The number of rotatable bonds is 6. The smallest absolute Gasteiger partial charge is 0.239 e. The lowest BCUT2D eigenvalue weighted by atomic mass is 10.1. The summed E-state index contributed by atoms with van der Waals surface area (Å²) >= 11 is 6.13. The van der Waals surface area contributed by atoms with Crippen molar-refractivity contribution in [3.8, 4) is 0 Å². The Balaban J connectivity index is 2.80. The molecule has 1 aromatic rings. The predicted octanol–water partition coefficient (Wildman–Crippen LogP) is 2.46. The average molecular weight is 299 g/mol. The largest absolute Gasteiger partial charge is 0.354 e. The summed E-state index contributed by atoms with van der Waals surface area (Å²) < 4.78 is 0. The Labute approximate surface area is 125 Å². The number of carbonyl (C=O) groups is 1.